The molecule has 6 rings (SSSR count). The highest BCUT2D eigenvalue weighted by atomic mass is 16.5. The van der Waals surface area contributed by atoms with Gasteiger partial charge in [0.2, 0.25) is 0 Å². The number of Topliss-reactive ketones (excluding diaryl/α,β-unsaturated/α-hetero) is 1. The Morgan fingerprint density at radius 2 is 1.47 bits per heavy atom. The highest BCUT2D eigenvalue weighted by Crippen LogP contribution is 2.77. The van der Waals surface area contributed by atoms with Gasteiger partial charge in [0.25, 0.3) is 0 Å². The van der Waals surface area contributed by atoms with Crippen LogP contribution in [0.5, 0.6) is 0 Å². The van der Waals surface area contributed by atoms with Crippen LogP contribution in [0.2, 0.25) is 0 Å². The molecule has 5 saturated carbocycles. The lowest BCUT2D eigenvalue weighted by Crippen LogP contribution is -2.67. The molecule has 1 aliphatic heterocycles. The zero-order chi connectivity index (χ0) is 22.9. The standard InChI is InChI=1S/C30H48O2/c1-25(2)14-16-30-17-15-28(6)19(23(30)24(25)32-18-30)8-9-21-27(5)12-11-22(31)26(3,4)20(27)10-13-29(21,28)7/h19-21,23-24H,8-18H2,1-7H3/t19-,20+,21-,23+,24+,27+,28-,29-,30-/m1/s1. The summed E-state index contributed by atoms with van der Waals surface area (Å²) in [5, 5.41) is 0. The predicted molar refractivity (Wildman–Crippen MR) is 129 cm³/mol. The van der Waals surface area contributed by atoms with Gasteiger partial charge in [-0.25, -0.2) is 0 Å². The Balaban J connectivity index is 1.40. The Bertz CT molecular complexity index is 842. The maximum Gasteiger partial charge on any atom is 0.138 e. The van der Waals surface area contributed by atoms with Crippen LogP contribution in [0.4, 0.5) is 0 Å². The average Bonchev–Trinajstić information content (AvgIpc) is 3.05. The van der Waals surface area contributed by atoms with Gasteiger partial charge in [-0.15, -0.1) is 0 Å². The summed E-state index contributed by atoms with van der Waals surface area (Å²) in [7, 11) is 0. The molecule has 9 atom stereocenters. The van der Waals surface area contributed by atoms with E-state index in [4.69, 9.17) is 4.74 Å². The molecule has 2 bridgehead atoms. The first kappa shape index (κ1) is 22.1. The fourth-order valence-electron chi connectivity index (χ4n) is 11.8. The van der Waals surface area contributed by atoms with Gasteiger partial charge in [0.05, 0.1) is 12.7 Å². The largest absolute Gasteiger partial charge is 0.377 e. The molecule has 1 heterocycles. The number of hydrogen-bond acceptors (Lipinski definition) is 2. The van der Waals surface area contributed by atoms with Crippen molar-refractivity contribution in [3.05, 3.63) is 0 Å². The summed E-state index contributed by atoms with van der Waals surface area (Å²) >= 11 is 0. The van der Waals surface area contributed by atoms with Crippen LogP contribution in [0.25, 0.3) is 0 Å². The van der Waals surface area contributed by atoms with Gasteiger partial charge < -0.3 is 4.74 Å². The van der Waals surface area contributed by atoms with Crippen LogP contribution in [-0.4, -0.2) is 18.5 Å². The normalized spacial score (nSPS) is 57.7. The van der Waals surface area contributed by atoms with E-state index in [0.29, 0.717) is 44.9 Å². The first-order chi connectivity index (χ1) is 14.8. The second-order valence-corrected chi connectivity index (χ2v) is 15.4. The Hall–Kier alpha value is -0.370. The molecule has 1 saturated heterocycles. The Kier molecular flexibility index (Phi) is 4.31. The molecule has 0 spiro atoms. The van der Waals surface area contributed by atoms with Crippen molar-refractivity contribution in [2.75, 3.05) is 6.61 Å². The average molecular weight is 441 g/mol. The fraction of sp³-hybridized carbons (Fsp3) is 0.967. The highest BCUT2D eigenvalue weighted by molar-refractivity contribution is 5.85. The predicted octanol–water partition coefficient (Wildman–Crippen LogP) is 7.45. The zero-order valence-electron chi connectivity index (χ0n) is 22.0. The van der Waals surface area contributed by atoms with E-state index in [9.17, 15) is 4.79 Å². The zero-order valence-corrected chi connectivity index (χ0v) is 22.0. The van der Waals surface area contributed by atoms with Crippen molar-refractivity contribution in [1.29, 1.82) is 0 Å². The van der Waals surface area contributed by atoms with Gasteiger partial charge in [-0.3, -0.25) is 4.79 Å². The van der Waals surface area contributed by atoms with Gasteiger partial charge in [-0.05, 0) is 109 Å². The molecule has 0 unspecified atom stereocenters. The molecule has 2 heteroatoms. The molecule has 5 aliphatic carbocycles. The van der Waals surface area contributed by atoms with E-state index in [1.165, 1.54) is 51.4 Å². The van der Waals surface area contributed by atoms with E-state index >= 15 is 0 Å². The van der Waals surface area contributed by atoms with Crippen LogP contribution in [0.3, 0.4) is 0 Å². The Labute approximate surface area is 197 Å². The molecule has 0 aromatic carbocycles. The summed E-state index contributed by atoms with van der Waals surface area (Å²) in [5.74, 6) is 3.46. The van der Waals surface area contributed by atoms with Gasteiger partial charge >= 0.3 is 0 Å². The molecular weight excluding hydrogens is 392 g/mol. The summed E-state index contributed by atoms with van der Waals surface area (Å²) in [5.41, 5.74) is 1.83. The van der Waals surface area contributed by atoms with Crippen LogP contribution in [-0.2, 0) is 9.53 Å². The fourth-order valence-corrected chi connectivity index (χ4v) is 11.8. The van der Waals surface area contributed by atoms with E-state index in [0.717, 1.165) is 37.2 Å². The molecule has 0 N–H and O–H groups in total. The minimum Gasteiger partial charge on any atom is -0.377 e. The summed E-state index contributed by atoms with van der Waals surface area (Å²) in [4.78, 5) is 12.9. The topological polar surface area (TPSA) is 26.3 Å². The van der Waals surface area contributed by atoms with Crippen molar-refractivity contribution in [2.45, 2.75) is 119 Å². The van der Waals surface area contributed by atoms with Crippen LogP contribution < -0.4 is 0 Å². The third-order valence-corrected chi connectivity index (χ3v) is 13.9. The summed E-state index contributed by atoms with van der Waals surface area (Å²) < 4.78 is 6.70. The molecule has 180 valence electrons. The first-order valence-electron chi connectivity index (χ1n) is 14.0. The summed E-state index contributed by atoms with van der Waals surface area (Å²) in [6.07, 6.45) is 13.3. The third-order valence-electron chi connectivity index (χ3n) is 13.9. The van der Waals surface area contributed by atoms with E-state index in [2.05, 4.69) is 48.5 Å². The number of fused-ring (bicyclic) bond motifs is 5. The van der Waals surface area contributed by atoms with Crippen molar-refractivity contribution in [3.8, 4) is 0 Å². The van der Waals surface area contributed by atoms with E-state index in [-0.39, 0.29) is 5.41 Å². The van der Waals surface area contributed by atoms with Gasteiger partial charge in [-0.1, -0.05) is 48.5 Å². The Morgan fingerprint density at radius 3 is 2.22 bits per heavy atom. The van der Waals surface area contributed by atoms with E-state index in [1.807, 2.05) is 0 Å². The number of ether oxygens (including phenoxy) is 1. The SMILES string of the molecule is CC1(C)CC[C@]23CC[C@]4(C)[C@H](CC[C@@H]5[C@@]6(C)CCC(=O)C(C)(C)[C@@H]6CC[C@]54C)[C@H]2[C@@H]1OC3. The molecule has 0 radical (unpaired) electrons. The maximum absolute atomic E-state index is 12.9. The minimum absolute atomic E-state index is 0.136. The quantitative estimate of drug-likeness (QED) is 0.391. The van der Waals surface area contributed by atoms with Crippen molar-refractivity contribution < 1.29 is 9.53 Å². The van der Waals surface area contributed by atoms with Gasteiger partial charge in [-0.2, -0.15) is 0 Å². The lowest BCUT2D eigenvalue weighted by molar-refractivity contribution is -0.239. The molecule has 2 nitrogen and oxygen atoms in total. The van der Waals surface area contributed by atoms with E-state index in [1.54, 1.807) is 0 Å². The molecule has 0 aromatic heterocycles. The molecule has 32 heavy (non-hydrogen) atoms. The monoisotopic (exact) mass is 440 g/mol. The third kappa shape index (κ3) is 2.35. The van der Waals surface area contributed by atoms with Gasteiger partial charge in [0, 0.05) is 11.8 Å². The van der Waals surface area contributed by atoms with Crippen molar-refractivity contribution in [1.82, 2.24) is 0 Å². The van der Waals surface area contributed by atoms with Crippen molar-refractivity contribution in [2.24, 2.45) is 56.2 Å². The molecular formula is C30H48O2. The van der Waals surface area contributed by atoms with Crippen molar-refractivity contribution in [3.63, 3.8) is 0 Å². The molecule has 0 amide bonds. The van der Waals surface area contributed by atoms with Crippen LogP contribution in [0, 0.1) is 56.2 Å². The maximum atomic E-state index is 12.9. The first-order valence-corrected chi connectivity index (χ1v) is 14.0. The number of rotatable bonds is 0. The van der Waals surface area contributed by atoms with Crippen molar-refractivity contribution >= 4 is 5.78 Å². The Morgan fingerprint density at radius 1 is 0.750 bits per heavy atom. The minimum atomic E-state index is -0.136. The second kappa shape index (κ2) is 6.24. The number of ketones is 1. The number of carbonyl (C=O) groups is 1. The second-order valence-electron chi connectivity index (χ2n) is 15.4. The van der Waals surface area contributed by atoms with E-state index < -0.39 is 0 Å². The molecule has 0 aromatic rings. The highest BCUT2D eigenvalue weighted by Gasteiger charge is 2.72. The van der Waals surface area contributed by atoms with Gasteiger partial charge in [0.15, 0.2) is 0 Å². The number of hydrogen-bond donors (Lipinski definition) is 0. The smallest absolute Gasteiger partial charge is 0.138 e. The van der Waals surface area contributed by atoms with Crippen LogP contribution in [0.15, 0.2) is 0 Å². The summed E-state index contributed by atoms with van der Waals surface area (Å²) in [6, 6.07) is 0. The van der Waals surface area contributed by atoms with Gasteiger partial charge in [0.1, 0.15) is 5.78 Å². The lowest BCUT2D eigenvalue weighted by Gasteiger charge is -2.72. The molecule has 6 aliphatic rings. The van der Waals surface area contributed by atoms with Crippen LogP contribution >= 0.6 is 0 Å². The lowest BCUT2D eigenvalue weighted by atomic mass is 9.31. The summed E-state index contributed by atoms with van der Waals surface area (Å²) in [6.45, 7) is 18.6. The number of carbonyl (C=O) groups excluding carboxylic acids is 1. The van der Waals surface area contributed by atoms with Crippen LogP contribution in [0.1, 0.15) is 113 Å². The molecule has 6 fully saturated rings.